The zero-order valence-corrected chi connectivity index (χ0v) is 11.9. The van der Waals surface area contributed by atoms with Gasteiger partial charge in [0.15, 0.2) is 5.43 Å². The van der Waals surface area contributed by atoms with E-state index in [1.54, 1.807) is 23.3 Å². The van der Waals surface area contributed by atoms with Crippen LogP contribution in [0, 0.1) is 6.92 Å². The molecule has 1 N–H and O–H groups in total. The van der Waals surface area contributed by atoms with Crippen LogP contribution in [0.1, 0.15) is 16.1 Å². The Labute approximate surface area is 121 Å². The smallest absolute Gasteiger partial charge is 0.341 e. The number of pyridine rings is 1. The number of hydrogen-bond donors (Lipinski definition) is 1. The van der Waals surface area contributed by atoms with Crippen molar-refractivity contribution >= 4 is 17.7 Å². The number of carboxylic acid groups (broad SMARTS) is 1. The lowest BCUT2D eigenvalue weighted by Gasteiger charge is -2.11. The molecule has 2 aromatic rings. The van der Waals surface area contributed by atoms with Gasteiger partial charge in [0, 0.05) is 35.2 Å². The summed E-state index contributed by atoms with van der Waals surface area (Å²) < 4.78 is 1.81. The minimum atomic E-state index is -1.18. The Morgan fingerprint density at radius 2 is 2.00 bits per heavy atom. The van der Waals surface area contributed by atoms with Crippen molar-refractivity contribution in [1.29, 1.82) is 0 Å². The fourth-order valence-corrected chi connectivity index (χ4v) is 2.73. The molecule has 0 spiro atoms. The van der Waals surface area contributed by atoms with Gasteiger partial charge in [-0.3, -0.25) is 4.79 Å². The molecule has 0 bridgehead atoms. The van der Waals surface area contributed by atoms with Gasteiger partial charge in [0.25, 0.3) is 0 Å². The molecule has 104 valence electrons. The Balaban J connectivity index is 2.08. The van der Waals surface area contributed by atoms with E-state index in [1.165, 1.54) is 17.2 Å². The van der Waals surface area contributed by atoms with Gasteiger partial charge in [0.1, 0.15) is 5.56 Å². The zero-order valence-electron chi connectivity index (χ0n) is 11.1. The highest BCUT2D eigenvalue weighted by atomic mass is 32.2. The maximum Gasteiger partial charge on any atom is 0.341 e. The molecule has 0 aliphatic carbocycles. The first kappa shape index (κ1) is 14.4. The highest BCUT2D eigenvalue weighted by Gasteiger charge is 2.10. The lowest BCUT2D eigenvalue weighted by molar-refractivity contribution is 0.0694. The summed E-state index contributed by atoms with van der Waals surface area (Å²) in [5.41, 5.74) is 0.149. The molecule has 0 radical (unpaired) electrons. The van der Waals surface area contributed by atoms with E-state index < -0.39 is 11.4 Å². The predicted molar refractivity (Wildman–Crippen MR) is 79.6 cm³/mol. The maximum atomic E-state index is 11.5. The van der Waals surface area contributed by atoms with Gasteiger partial charge in [-0.25, -0.2) is 4.79 Å². The van der Waals surface area contributed by atoms with Crippen LogP contribution in [0.4, 0.5) is 0 Å². The van der Waals surface area contributed by atoms with Gasteiger partial charge in [-0.05, 0) is 19.1 Å². The van der Waals surface area contributed by atoms with Crippen LogP contribution in [-0.4, -0.2) is 21.4 Å². The SMILES string of the molecule is Cc1cc(=O)c(C(=O)O)cn1CCSc1ccccc1. The van der Waals surface area contributed by atoms with E-state index in [0.29, 0.717) is 6.54 Å². The number of rotatable bonds is 5. The van der Waals surface area contributed by atoms with Crippen LogP contribution in [0.15, 0.2) is 52.3 Å². The molecule has 0 saturated heterocycles. The molecule has 4 nitrogen and oxygen atoms in total. The molecule has 0 aliphatic heterocycles. The summed E-state index contributed by atoms with van der Waals surface area (Å²) in [6, 6.07) is 11.4. The van der Waals surface area contributed by atoms with Crippen molar-refractivity contribution in [3.8, 4) is 0 Å². The summed E-state index contributed by atoms with van der Waals surface area (Å²) in [6.45, 7) is 2.46. The minimum Gasteiger partial charge on any atom is -0.477 e. The molecule has 1 aromatic carbocycles. The van der Waals surface area contributed by atoms with E-state index in [-0.39, 0.29) is 5.56 Å². The number of aromatic nitrogens is 1. The van der Waals surface area contributed by atoms with Gasteiger partial charge >= 0.3 is 5.97 Å². The molecule has 0 unspecified atom stereocenters. The van der Waals surface area contributed by atoms with Crippen molar-refractivity contribution in [2.24, 2.45) is 0 Å². The molecule has 1 aromatic heterocycles. The quantitative estimate of drug-likeness (QED) is 0.860. The molecule has 5 heteroatoms. The van der Waals surface area contributed by atoms with Gasteiger partial charge in [-0.15, -0.1) is 11.8 Å². The summed E-state index contributed by atoms with van der Waals surface area (Å²) in [5.74, 6) is -0.369. The molecular weight excluding hydrogens is 274 g/mol. The third kappa shape index (κ3) is 3.51. The third-order valence-corrected chi connectivity index (χ3v) is 3.91. The Bertz CT molecular complexity index is 665. The highest BCUT2D eigenvalue weighted by molar-refractivity contribution is 7.99. The molecule has 0 saturated carbocycles. The number of aromatic carboxylic acids is 1. The molecule has 0 atom stereocenters. The van der Waals surface area contributed by atoms with Gasteiger partial charge in [-0.1, -0.05) is 18.2 Å². The molecule has 0 fully saturated rings. The van der Waals surface area contributed by atoms with Gasteiger partial charge in [0.05, 0.1) is 0 Å². The molecule has 0 aliphatic rings. The maximum absolute atomic E-state index is 11.5. The van der Waals surface area contributed by atoms with Gasteiger partial charge < -0.3 is 9.67 Å². The van der Waals surface area contributed by atoms with Gasteiger partial charge in [-0.2, -0.15) is 0 Å². The van der Waals surface area contributed by atoms with Crippen molar-refractivity contribution < 1.29 is 9.90 Å². The van der Waals surface area contributed by atoms with Crippen molar-refractivity contribution in [3.63, 3.8) is 0 Å². The van der Waals surface area contributed by atoms with Crippen molar-refractivity contribution in [2.45, 2.75) is 18.4 Å². The normalized spacial score (nSPS) is 10.4. The van der Waals surface area contributed by atoms with Crippen LogP contribution in [-0.2, 0) is 6.54 Å². The van der Waals surface area contributed by atoms with Crippen LogP contribution in [0.5, 0.6) is 0 Å². The summed E-state index contributed by atoms with van der Waals surface area (Å²) >= 11 is 1.70. The van der Waals surface area contributed by atoms with E-state index in [0.717, 1.165) is 11.4 Å². The molecular formula is C15H15NO3S. The van der Waals surface area contributed by atoms with Crippen LogP contribution >= 0.6 is 11.8 Å². The van der Waals surface area contributed by atoms with E-state index >= 15 is 0 Å². The fourth-order valence-electron chi connectivity index (χ4n) is 1.85. The van der Waals surface area contributed by atoms with Gasteiger partial charge in [0.2, 0.25) is 0 Å². The van der Waals surface area contributed by atoms with Crippen molar-refractivity contribution in [2.75, 3.05) is 5.75 Å². The lowest BCUT2D eigenvalue weighted by Crippen LogP contribution is -2.19. The standard InChI is InChI=1S/C15H15NO3S/c1-11-9-14(17)13(15(18)19)10-16(11)7-8-20-12-5-3-2-4-6-12/h2-6,9-10H,7-8H2,1H3,(H,18,19). The highest BCUT2D eigenvalue weighted by Crippen LogP contribution is 2.17. The van der Waals surface area contributed by atoms with E-state index in [9.17, 15) is 9.59 Å². The number of carboxylic acids is 1. The Morgan fingerprint density at radius 1 is 1.30 bits per heavy atom. The first-order chi connectivity index (χ1) is 9.58. The number of nitrogens with zero attached hydrogens (tertiary/aromatic N) is 1. The first-order valence-electron chi connectivity index (χ1n) is 6.20. The molecule has 20 heavy (non-hydrogen) atoms. The summed E-state index contributed by atoms with van der Waals surface area (Å²) in [7, 11) is 0. The number of benzene rings is 1. The summed E-state index contributed by atoms with van der Waals surface area (Å²) in [5, 5.41) is 8.97. The predicted octanol–water partition coefficient (Wildman–Crippen LogP) is 2.65. The van der Waals surface area contributed by atoms with Crippen molar-refractivity contribution in [3.05, 3.63) is 64.1 Å². The second-order valence-electron chi connectivity index (χ2n) is 4.35. The minimum absolute atomic E-state index is 0.180. The van der Waals surface area contributed by atoms with Crippen LogP contribution in [0.25, 0.3) is 0 Å². The fraction of sp³-hybridized carbons (Fsp3) is 0.200. The van der Waals surface area contributed by atoms with E-state index in [2.05, 4.69) is 0 Å². The Kier molecular flexibility index (Phi) is 4.63. The van der Waals surface area contributed by atoms with Crippen LogP contribution in [0.2, 0.25) is 0 Å². The van der Waals surface area contributed by atoms with E-state index in [1.807, 2.05) is 30.3 Å². The summed E-state index contributed by atoms with van der Waals surface area (Å²) in [4.78, 5) is 23.7. The Hall–Kier alpha value is -2.01. The zero-order chi connectivity index (χ0) is 14.5. The second-order valence-corrected chi connectivity index (χ2v) is 5.52. The average Bonchev–Trinajstić information content (AvgIpc) is 2.42. The van der Waals surface area contributed by atoms with Crippen LogP contribution in [0.3, 0.4) is 0 Å². The molecule has 2 rings (SSSR count). The number of hydrogen-bond acceptors (Lipinski definition) is 3. The van der Waals surface area contributed by atoms with Crippen LogP contribution < -0.4 is 5.43 Å². The molecule has 0 amide bonds. The number of thioether (sulfide) groups is 1. The topological polar surface area (TPSA) is 59.3 Å². The first-order valence-corrected chi connectivity index (χ1v) is 7.18. The van der Waals surface area contributed by atoms with Crippen molar-refractivity contribution in [1.82, 2.24) is 4.57 Å². The average molecular weight is 289 g/mol. The number of aryl methyl sites for hydroxylation is 2. The monoisotopic (exact) mass is 289 g/mol. The lowest BCUT2D eigenvalue weighted by atomic mass is 10.2. The third-order valence-electron chi connectivity index (χ3n) is 2.92. The largest absolute Gasteiger partial charge is 0.477 e. The number of carbonyl (C=O) groups is 1. The van der Waals surface area contributed by atoms with E-state index in [4.69, 9.17) is 5.11 Å². The second kappa shape index (κ2) is 6.43. The summed E-state index contributed by atoms with van der Waals surface area (Å²) in [6.07, 6.45) is 1.42. The molecule has 1 heterocycles. The Morgan fingerprint density at radius 3 is 2.65 bits per heavy atom.